The average Bonchev–Trinajstić information content (AvgIpc) is 2.47. The van der Waals surface area contributed by atoms with Crippen LogP contribution in [0.3, 0.4) is 0 Å². The summed E-state index contributed by atoms with van der Waals surface area (Å²) in [4.78, 5) is 11.4. The van der Waals surface area contributed by atoms with Crippen molar-refractivity contribution in [2.45, 2.75) is 12.5 Å². The van der Waals surface area contributed by atoms with E-state index in [0.29, 0.717) is 17.7 Å². The van der Waals surface area contributed by atoms with E-state index in [1.807, 2.05) is 18.2 Å². The second-order valence-electron chi connectivity index (χ2n) is 4.33. The molecule has 0 aliphatic heterocycles. The molecule has 20 heavy (non-hydrogen) atoms. The molecule has 2 N–H and O–H groups in total. The van der Waals surface area contributed by atoms with E-state index in [9.17, 15) is 9.90 Å². The molecule has 4 heteroatoms. The Morgan fingerprint density at radius 1 is 1.05 bits per heavy atom. The molecule has 2 aromatic carbocycles. The van der Waals surface area contributed by atoms with Gasteiger partial charge in [-0.15, -0.1) is 0 Å². The lowest BCUT2D eigenvalue weighted by Crippen LogP contribution is -2.18. The third-order valence-electron chi connectivity index (χ3n) is 2.93. The van der Waals surface area contributed by atoms with Gasteiger partial charge in [0.15, 0.2) is 0 Å². The number of rotatable bonds is 6. The molecule has 0 bridgehead atoms. The Labute approximate surface area is 117 Å². The highest BCUT2D eigenvalue weighted by atomic mass is 16.5. The molecule has 0 saturated heterocycles. The summed E-state index contributed by atoms with van der Waals surface area (Å²) in [6.07, 6.45) is -0.631. The second-order valence-corrected chi connectivity index (χ2v) is 4.33. The normalized spacial score (nSPS) is 11.8. The monoisotopic (exact) mass is 272 g/mol. The summed E-state index contributed by atoms with van der Waals surface area (Å²) in [5, 5.41) is 18.4. The molecule has 0 heterocycles. The number of para-hydroxylation sites is 1. The highest BCUT2D eigenvalue weighted by Crippen LogP contribution is 2.26. The minimum atomic E-state index is -1.06. The van der Waals surface area contributed by atoms with Crippen molar-refractivity contribution in [1.29, 1.82) is 0 Å². The van der Waals surface area contributed by atoms with E-state index in [-0.39, 0.29) is 6.61 Å². The fraction of sp³-hybridized carbons (Fsp3) is 0.188. The molecule has 0 aliphatic carbocycles. The van der Waals surface area contributed by atoms with Gasteiger partial charge in [0.05, 0.1) is 0 Å². The maximum absolute atomic E-state index is 11.4. The van der Waals surface area contributed by atoms with Crippen molar-refractivity contribution in [2.24, 2.45) is 0 Å². The van der Waals surface area contributed by atoms with Gasteiger partial charge in [0.1, 0.15) is 5.75 Å². The summed E-state index contributed by atoms with van der Waals surface area (Å²) >= 11 is 0. The van der Waals surface area contributed by atoms with Crippen LogP contribution in [0.2, 0.25) is 0 Å². The van der Waals surface area contributed by atoms with Gasteiger partial charge < -0.3 is 14.9 Å². The number of hydrogen-bond acceptors (Lipinski definition) is 3. The lowest BCUT2D eigenvalue weighted by atomic mass is 10.1. The zero-order valence-electron chi connectivity index (χ0n) is 10.9. The number of aliphatic hydroxyl groups excluding tert-OH is 1. The molecule has 0 aliphatic rings. The van der Waals surface area contributed by atoms with Gasteiger partial charge in [-0.25, -0.2) is 4.79 Å². The van der Waals surface area contributed by atoms with Crippen LogP contribution < -0.4 is 4.74 Å². The fourth-order valence-electron chi connectivity index (χ4n) is 1.96. The van der Waals surface area contributed by atoms with Gasteiger partial charge in [0.2, 0.25) is 6.10 Å². The van der Waals surface area contributed by atoms with Crippen molar-refractivity contribution >= 4 is 5.97 Å². The highest BCUT2D eigenvalue weighted by Gasteiger charge is 2.22. The van der Waals surface area contributed by atoms with E-state index in [0.717, 1.165) is 5.56 Å². The van der Waals surface area contributed by atoms with Crippen LogP contribution in [0.15, 0.2) is 54.6 Å². The maximum atomic E-state index is 11.4. The molecule has 0 spiro atoms. The molecule has 4 nitrogen and oxygen atoms in total. The molecule has 104 valence electrons. The fourth-order valence-corrected chi connectivity index (χ4v) is 1.96. The average molecular weight is 272 g/mol. The first-order valence-electron chi connectivity index (χ1n) is 6.35. The quantitative estimate of drug-likeness (QED) is 0.847. The minimum absolute atomic E-state index is 0.0105. The number of aliphatic hydroxyl groups is 1. The predicted molar refractivity (Wildman–Crippen MR) is 74.7 cm³/mol. The van der Waals surface area contributed by atoms with E-state index in [1.165, 1.54) is 0 Å². The van der Waals surface area contributed by atoms with E-state index < -0.39 is 12.1 Å². The first-order chi connectivity index (χ1) is 9.72. The van der Waals surface area contributed by atoms with Crippen molar-refractivity contribution < 1.29 is 19.7 Å². The van der Waals surface area contributed by atoms with Crippen molar-refractivity contribution in [3.05, 3.63) is 65.7 Å². The van der Waals surface area contributed by atoms with E-state index in [4.69, 9.17) is 9.84 Å². The summed E-state index contributed by atoms with van der Waals surface area (Å²) in [7, 11) is 0. The molecule has 0 amide bonds. The number of ether oxygens (including phenoxy) is 1. The van der Waals surface area contributed by atoms with Crippen molar-refractivity contribution in [3.8, 4) is 5.75 Å². The van der Waals surface area contributed by atoms with Gasteiger partial charge in [0, 0.05) is 12.2 Å². The van der Waals surface area contributed by atoms with Crippen LogP contribution in [0.25, 0.3) is 0 Å². The van der Waals surface area contributed by atoms with Crippen LogP contribution in [0, 0.1) is 0 Å². The van der Waals surface area contributed by atoms with Crippen LogP contribution in [-0.4, -0.2) is 22.8 Å². The molecule has 1 atom stereocenters. The molecular formula is C16H16O4. The number of carboxylic acid groups (broad SMARTS) is 1. The molecule has 1 unspecified atom stereocenters. The van der Waals surface area contributed by atoms with Crippen molar-refractivity contribution in [2.75, 3.05) is 6.61 Å². The van der Waals surface area contributed by atoms with E-state index in [1.54, 1.807) is 36.4 Å². The Morgan fingerprint density at radius 2 is 1.70 bits per heavy atom. The summed E-state index contributed by atoms with van der Waals surface area (Å²) < 4.78 is 5.64. The smallest absolute Gasteiger partial charge is 0.349 e. The molecule has 0 fully saturated rings. The van der Waals surface area contributed by atoms with Crippen LogP contribution >= 0.6 is 0 Å². The standard InChI is InChI=1S/C16H16O4/c17-11-10-12-6-4-5-9-14(12)20-15(16(18)19)13-7-2-1-3-8-13/h1-9,15,17H,10-11H2,(H,18,19). The number of aliphatic carboxylic acids is 1. The molecule has 2 aromatic rings. The Kier molecular flexibility index (Phi) is 4.74. The second kappa shape index (κ2) is 6.73. The van der Waals surface area contributed by atoms with E-state index in [2.05, 4.69) is 0 Å². The predicted octanol–water partition coefficient (Wildman–Crippen LogP) is 2.43. The highest BCUT2D eigenvalue weighted by molar-refractivity contribution is 5.74. The summed E-state index contributed by atoms with van der Waals surface area (Å²) in [6.45, 7) is -0.0105. The Morgan fingerprint density at radius 3 is 2.35 bits per heavy atom. The minimum Gasteiger partial charge on any atom is -0.478 e. The molecular weight excluding hydrogens is 256 g/mol. The van der Waals surface area contributed by atoms with Crippen LogP contribution in [0.5, 0.6) is 5.75 Å². The lowest BCUT2D eigenvalue weighted by molar-refractivity contribution is -0.145. The molecule has 2 rings (SSSR count). The SMILES string of the molecule is O=C(O)C(Oc1ccccc1CCO)c1ccccc1. The number of hydrogen-bond donors (Lipinski definition) is 2. The third-order valence-corrected chi connectivity index (χ3v) is 2.93. The topological polar surface area (TPSA) is 66.8 Å². The Bertz CT molecular complexity index is 566. The first kappa shape index (κ1) is 14.1. The van der Waals surface area contributed by atoms with Crippen LogP contribution in [-0.2, 0) is 11.2 Å². The molecule has 0 saturated carbocycles. The van der Waals surface area contributed by atoms with E-state index >= 15 is 0 Å². The molecule has 0 aromatic heterocycles. The van der Waals surface area contributed by atoms with Crippen molar-refractivity contribution in [3.63, 3.8) is 0 Å². The van der Waals surface area contributed by atoms with Crippen molar-refractivity contribution in [1.82, 2.24) is 0 Å². The Hall–Kier alpha value is -2.33. The van der Waals surface area contributed by atoms with Gasteiger partial charge >= 0.3 is 5.97 Å². The Balaban J connectivity index is 2.28. The first-order valence-corrected chi connectivity index (χ1v) is 6.35. The summed E-state index contributed by atoms with van der Waals surface area (Å²) in [6, 6.07) is 15.9. The van der Waals surface area contributed by atoms with Gasteiger partial charge in [0.25, 0.3) is 0 Å². The van der Waals surface area contributed by atoms with Crippen LogP contribution in [0.4, 0.5) is 0 Å². The largest absolute Gasteiger partial charge is 0.478 e. The number of benzene rings is 2. The zero-order chi connectivity index (χ0) is 14.4. The van der Waals surface area contributed by atoms with Gasteiger partial charge in [-0.2, -0.15) is 0 Å². The van der Waals surface area contributed by atoms with Gasteiger partial charge in [-0.3, -0.25) is 0 Å². The van der Waals surface area contributed by atoms with Gasteiger partial charge in [-0.1, -0.05) is 48.5 Å². The maximum Gasteiger partial charge on any atom is 0.349 e. The molecule has 0 radical (unpaired) electrons. The van der Waals surface area contributed by atoms with Crippen LogP contribution in [0.1, 0.15) is 17.2 Å². The van der Waals surface area contributed by atoms with Gasteiger partial charge in [-0.05, 0) is 18.1 Å². The summed E-state index contributed by atoms with van der Waals surface area (Å²) in [5.41, 5.74) is 1.37. The number of carboxylic acids is 1. The third kappa shape index (κ3) is 3.36. The lowest BCUT2D eigenvalue weighted by Gasteiger charge is -2.17. The zero-order valence-corrected chi connectivity index (χ0v) is 10.9. The number of carbonyl (C=O) groups is 1. The summed E-state index contributed by atoms with van der Waals surface area (Å²) in [5.74, 6) is -0.562.